The zero-order valence-corrected chi connectivity index (χ0v) is 21.2. The molecule has 10 heteroatoms. The molecular weight excluding hydrogens is 488 g/mol. The van der Waals surface area contributed by atoms with Gasteiger partial charge in [-0.3, -0.25) is 4.79 Å². The van der Waals surface area contributed by atoms with E-state index in [1.807, 2.05) is 41.1 Å². The van der Waals surface area contributed by atoms with E-state index in [9.17, 15) is 4.79 Å². The maximum Gasteiger partial charge on any atom is 0.265 e. The number of nitrogens with zero attached hydrogens (tertiary/aromatic N) is 5. The molecule has 1 aromatic carbocycles. The second-order valence-electron chi connectivity index (χ2n) is 9.58. The van der Waals surface area contributed by atoms with Crippen LogP contribution in [0.5, 0.6) is 0 Å². The maximum absolute atomic E-state index is 12.5. The van der Waals surface area contributed by atoms with Crippen molar-refractivity contribution >= 4 is 46.0 Å². The Morgan fingerprint density at radius 2 is 1.86 bits per heavy atom. The van der Waals surface area contributed by atoms with Gasteiger partial charge in [0.25, 0.3) is 5.91 Å². The summed E-state index contributed by atoms with van der Waals surface area (Å²) >= 11 is 6.60. The van der Waals surface area contributed by atoms with E-state index < -0.39 is 5.91 Å². The van der Waals surface area contributed by atoms with Gasteiger partial charge in [-0.1, -0.05) is 42.6 Å². The normalized spacial score (nSPS) is 16.4. The highest BCUT2D eigenvalue weighted by Crippen LogP contribution is 2.39. The molecule has 1 saturated heterocycles. The lowest BCUT2D eigenvalue weighted by Crippen LogP contribution is -2.43. The van der Waals surface area contributed by atoms with Crippen LogP contribution in [-0.4, -0.2) is 51.6 Å². The van der Waals surface area contributed by atoms with Gasteiger partial charge < -0.3 is 25.8 Å². The topological polar surface area (TPSA) is 114 Å². The minimum absolute atomic E-state index is 0.165. The molecule has 37 heavy (non-hydrogen) atoms. The van der Waals surface area contributed by atoms with Crippen molar-refractivity contribution in [1.29, 1.82) is 0 Å². The van der Waals surface area contributed by atoms with Gasteiger partial charge in [-0.15, -0.1) is 0 Å². The number of carbonyl (C=O) groups excluding carboxylic acids is 1. The lowest BCUT2D eigenvalue weighted by atomic mass is 10.1. The van der Waals surface area contributed by atoms with Crippen molar-refractivity contribution in [2.24, 2.45) is 5.73 Å². The molecule has 1 aliphatic carbocycles. The summed E-state index contributed by atoms with van der Waals surface area (Å²) in [6.45, 7) is 3.84. The fourth-order valence-electron chi connectivity index (χ4n) is 5.42. The van der Waals surface area contributed by atoms with Crippen LogP contribution in [-0.2, 0) is 0 Å². The molecule has 1 aliphatic heterocycles. The second-order valence-corrected chi connectivity index (χ2v) is 9.99. The molecular formula is C27H29ClN8O. The van der Waals surface area contributed by atoms with E-state index in [0.29, 0.717) is 33.8 Å². The minimum Gasteiger partial charge on any atom is -0.368 e. The van der Waals surface area contributed by atoms with E-state index in [-0.39, 0.29) is 6.04 Å². The van der Waals surface area contributed by atoms with Crippen LogP contribution in [0.25, 0.3) is 22.3 Å². The first kappa shape index (κ1) is 23.7. The smallest absolute Gasteiger partial charge is 0.265 e. The van der Waals surface area contributed by atoms with E-state index in [0.717, 1.165) is 68.5 Å². The van der Waals surface area contributed by atoms with Gasteiger partial charge in [-0.05, 0) is 37.1 Å². The largest absolute Gasteiger partial charge is 0.368 e. The number of nitrogens with one attached hydrogen (secondary N) is 2. The third kappa shape index (κ3) is 4.60. The van der Waals surface area contributed by atoms with Crippen LogP contribution in [0, 0.1) is 0 Å². The Morgan fingerprint density at radius 1 is 1.08 bits per heavy atom. The number of anilines is 3. The van der Waals surface area contributed by atoms with Crippen LogP contribution < -0.4 is 21.3 Å². The molecule has 4 heterocycles. The molecule has 0 radical (unpaired) electrons. The third-order valence-corrected chi connectivity index (χ3v) is 7.57. The number of aromatic nitrogens is 4. The minimum atomic E-state index is -0.477. The number of nitrogens with two attached hydrogens (primary N) is 1. The lowest BCUT2D eigenvalue weighted by Gasteiger charge is -2.29. The quantitative estimate of drug-likeness (QED) is 0.345. The zero-order chi connectivity index (χ0) is 25.4. The Labute approximate surface area is 220 Å². The van der Waals surface area contributed by atoms with Crippen molar-refractivity contribution in [2.45, 2.75) is 31.7 Å². The van der Waals surface area contributed by atoms with Gasteiger partial charge >= 0.3 is 0 Å². The molecule has 0 unspecified atom stereocenters. The number of primary amides is 1. The number of benzene rings is 1. The summed E-state index contributed by atoms with van der Waals surface area (Å²) in [6, 6.07) is 13.5. The number of piperazine rings is 1. The van der Waals surface area contributed by atoms with Crippen molar-refractivity contribution in [3.63, 3.8) is 0 Å². The first-order valence-electron chi connectivity index (χ1n) is 12.7. The van der Waals surface area contributed by atoms with E-state index in [4.69, 9.17) is 27.3 Å². The molecule has 4 aromatic rings. The van der Waals surface area contributed by atoms with Crippen LogP contribution >= 0.6 is 11.6 Å². The average Bonchev–Trinajstić information content (AvgIpc) is 3.58. The summed E-state index contributed by atoms with van der Waals surface area (Å²) < 4.78 is 2.00. The summed E-state index contributed by atoms with van der Waals surface area (Å²) in [5, 5.41) is 7.96. The summed E-state index contributed by atoms with van der Waals surface area (Å²) in [7, 11) is 0. The molecule has 4 N–H and O–H groups in total. The van der Waals surface area contributed by atoms with Crippen LogP contribution in [0.2, 0.25) is 5.02 Å². The van der Waals surface area contributed by atoms with Gasteiger partial charge in [0.15, 0.2) is 0 Å². The second kappa shape index (κ2) is 9.99. The first-order chi connectivity index (χ1) is 18.1. The molecule has 3 aromatic heterocycles. The van der Waals surface area contributed by atoms with E-state index in [1.54, 1.807) is 6.07 Å². The summed E-state index contributed by atoms with van der Waals surface area (Å²) in [6.07, 6.45) is 6.05. The van der Waals surface area contributed by atoms with Crippen molar-refractivity contribution < 1.29 is 4.79 Å². The highest BCUT2D eigenvalue weighted by molar-refractivity contribution is 6.33. The molecule has 0 spiro atoms. The van der Waals surface area contributed by atoms with Gasteiger partial charge in [-0.25, -0.2) is 9.97 Å². The highest BCUT2D eigenvalue weighted by atomic mass is 35.5. The molecule has 1 amide bonds. The predicted octanol–water partition coefficient (Wildman–Crippen LogP) is 4.51. The molecule has 2 fully saturated rings. The standard InChI is InChI=1S/C27H29ClN8O/c28-21-8-4-3-7-19(21)24-20-15-22(25(29)37)36(17-5-1-2-6-17)26(20)34-27(33-24)32-23-10-9-18(16-31-23)35-13-11-30-12-14-35/h3-4,7-10,15-17,30H,1-2,5-6,11-14H2,(H2,29,37)(H,31,32,33,34). The SMILES string of the molecule is NC(=O)c1cc2c(-c3ccccc3Cl)nc(Nc3ccc(N4CCNCC4)cn3)nc2n1C1CCCC1. The van der Waals surface area contributed by atoms with Crippen LogP contribution in [0.4, 0.5) is 17.5 Å². The highest BCUT2D eigenvalue weighted by Gasteiger charge is 2.27. The Balaban J connectivity index is 1.45. The number of carbonyl (C=O) groups is 1. The van der Waals surface area contributed by atoms with Gasteiger partial charge in [0, 0.05) is 48.2 Å². The summed E-state index contributed by atoms with van der Waals surface area (Å²) in [5.41, 5.74) is 9.45. The molecule has 190 valence electrons. The van der Waals surface area contributed by atoms with E-state index in [1.165, 1.54) is 0 Å². The number of amides is 1. The molecule has 2 aliphatic rings. The molecule has 0 atom stereocenters. The van der Waals surface area contributed by atoms with Crippen LogP contribution in [0.15, 0.2) is 48.7 Å². The summed E-state index contributed by atoms with van der Waals surface area (Å²) in [5.74, 6) is 0.547. The molecule has 1 saturated carbocycles. The number of pyridine rings is 1. The average molecular weight is 517 g/mol. The number of rotatable bonds is 6. The molecule has 9 nitrogen and oxygen atoms in total. The van der Waals surface area contributed by atoms with Crippen LogP contribution in [0.1, 0.15) is 42.2 Å². The number of fused-ring (bicyclic) bond motifs is 1. The lowest BCUT2D eigenvalue weighted by molar-refractivity contribution is 0.0990. The molecule has 6 rings (SSSR count). The number of hydrogen-bond acceptors (Lipinski definition) is 7. The number of halogens is 1. The third-order valence-electron chi connectivity index (χ3n) is 7.24. The van der Waals surface area contributed by atoms with Gasteiger partial charge in [0.2, 0.25) is 5.95 Å². The number of hydrogen-bond donors (Lipinski definition) is 3. The Morgan fingerprint density at radius 3 is 2.57 bits per heavy atom. The Kier molecular flexibility index (Phi) is 6.40. The van der Waals surface area contributed by atoms with E-state index in [2.05, 4.69) is 26.6 Å². The maximum atomic E-state index is 12.5. The van der Waals surface area contributed by atoms with Crippen molar-refractivity contribution in [1.82, 2.24) is 24.8 Å². The van der Waals surface area contributed by atoms with Crippen molar-refractivity contribution in [3.8, 4) is 11.3 Å². The fraction of sp³-hybridized carbons (Fsp3) is 0.333. The van der Waals surface area contributed by atoms with Crippen molar-refractivity contribution in [2.75, 3.05) is 36.4 Å². The predicted molar refractivity (Wildman–Crippen MR) is 147 cm³/mol. The fourth-order valence-corrected chi connectivity index (χ4v) is 5.64. The molecule has 0 bridgehead atoms. The van der Waals surface area contributed by atoms with E-state index >= 15 is 0 Å². The van der Waals surface area contributed by atoms with Crippen molar-refractivity contribution in [3.05, 3.63) is 59.4 Å². The van der Waals surface area contributed by atoms with Gasteiger partial charge in [-0.2, -0.15) is 4.98 Å². The first-order valence-corrected chi connectivity index (χ1v) is 13.1. The summed E-state index contributed by atoms with van der Waals surface area (Å²) in [4.78, 5) is 29.2. The van der Waals surface area contributed by atoms with Gasteiger partial charge in [0.1, 0.15) is 17.2 Å². The van der Waals surface area contributed by atoms with Crippen LogP contribution in [0.3, 0.4) is 0 Å². The van der Waals surface area contributed by atoms with Gasteiger partial charge in [0.05, 0.1) is 17.6 Å². The Bertz CT molecular complexity index is 1440. The monoisotopic (exact) mass is 516 g/mol. The zero-order valence-electron chi connectivity index (χ0n) is 20.5. The Hall–Kier alpha value is -3.69.